The lowest BCUT2D eigenvalue weighted by Crippen LogP contribution is -2.56. The minimum Gasteiger partial charge on any atom is -0.493 e. The Labute approximate surface area is 205 Å². The Morgan fingerprint density at radius 3 is 2.63 bits per heavy atom. The van der Waals surface area contributed by atoms with E-state index in [1.54, 1.807) is 23.1 Å². The van der Waals surface area contributed by atoms with E-state index in [1.165, 1.54) is 14.2 Å². The van der Waals surface area contributed by atoms with E-state index in [9.17, 15) is 24.9 Å². The Kier molecular flexibility index (Phi) is 9.50. The van der Waals surface area contributed by atoms with Crippen LogP contribution in [0.25, 0.3) is 0 Å². The molecule has 0 saturated carbocycles. The van der Waals surface area contributed by atoms with Gasteiger partial charge in [-0.2, -0.15) is 0 Å². The van der Waals surface area contributed by atoms with Crippen molar-refractivity contribution >= 4 is 11.8 Å². The third-order valence-electron chi connectivity index (χ3n) is 6.46. The smallest absolute Gasteiger partial charge is 0.247 e. The van der Waals surface area contributed by atoms with E-state index in [4.69, 9.17) is 14.2 Å². The van der Waals surface area contributed by atoms with E-state index in [-0.39, 0.29) is 38.8 Å². The normalized spacial score (nSPS) is 22.5. The number of nitrogens with zero attached hydrogens (tertiary/aromatic N) is 1. The summed E-state index contributed by atoms with van der Waals surface area (Å²) in [4.78, 5) is 27.9. The van der Waals surface area contributed by atoms with Gasteiger partial charge in [0.25, 0.3) is 0 Å². The molecule has 10 heteroatoms. The van der Waals surface area contributed by atoms with Gasteiger partial charge in [-0.1, -0.05) is 13.3 Å². The topological polar surface area (TPSA) is 138 Å². The predicted octanol–water partition coefficient (Wildman–Crippen LogP) is 0.475. The van der Waals surface area contributed by atoms with Crippen LogP contribution in [0.3, 0.4) is 0 Å². The van der Waals surface area contributed by atoms with E-state index in [0.717, 1.165) is 6.42 Å². The number of ether oxygens (including phenoxy) is 3. The fourth-order valence-corrected chi connectivity index (χ4v) is 4.72. The monoisotopic (exact) mass is 492 g/mol. The van der Waals surface area contributed by atoms with Crippen molar-refractivity contribution in [2.45, 2.75) is 57.0 Å². The summed E-state index contributed by atoms with van der Waals surface area (Å²) < 4.78 is 16.8. The van der Waals surface area contributed by atoms with Crippen LogP contribution in [0.15, 0.2) is 23.8 Å². The zero-order valence-electron chi connectivity index (χ0n) is 20.5. The highest BCUT2D eigenvalue weighted by Crippen LogP contribution is 2.51. The number of methoxy groups -OCH3 is 2. The van der Waals surface area contributed by atoms with Crippen molar-refractivity contribution in [2.24, 2.45) is 0 Å². The Bertz CT molecular complexity index is 934. The lowest BCUT2D eigenvalue weighted by molar-refractivity contribution is -0.138. The highest BCUT2D eigenvalue weighted by atomic mass is 16.5. The SMILES string of the molecule is CCCCC(=O)N(CCOC)C1C=C(C(=O)NCCO)C2c3cc(CO)cc(OC)c3OC2C1O. The van der Waals surface area contributed by atoms with Gasteiger partial charge in [-0.05, 0) is 30.2 Å². The van der Waals surface area contributed by atoms with Gasteiger partial charge in [0.2, 0.25) is 11.8 Å². The molecule has 0 radical (unpaired) electrons. The van der Waals surface area contributed by atoms with Crippen molar-refractivity contribution in [1.29, 1.82) is 0 Å². The van der Waals surface area contributed by atoms with E-state index in [1.807, 2.05) is 6.92 Å². The molecule has 0 spiro atoms. The quantitative estimate of drug-likeness (QED) is 0.331. The van der Waals surface area contributed by atoms with Crippen molar-refractivity contribution in [3.05, 3.63) is 34.9 Å². The summed E-state index contributed by atoms with van der Waals surface area (Å²) in [5.74, 6) is -0.446. The maximum atomic E-state index is 13.2. The number of unbranched alkanes of at least 4 members (excludes halogenated alkanes) is 1. The van der Waals surface area contributed by atoms with Crippen LogP contribution in [0.1, 0.15) is 43.2 Å². The number of rotatable bonds is 12. The average Bonchev–Trinajstić information content (AvgIpc) is 3.26. The van der Waals surface area contributed by atoms with Crippen molar-refractivity contribution in [2.75, 3.05) is 40.5 Å². The molecule has 3 rings (SSSR count). The van der Waals surface area contributed by atoms with Crippen molar-refractivity contribution in [3.8, 4) is 11.5 Å². The maximum absolute atomic E-state index is 13.2. The van der Waals surface area contributed by atoms with Crippen molar-refractivity contribution in [3.63, 3.8) is 0 Å². The second kappa shape index (κ2) is 12.3. The molecule has 4 atom stereocenters. The standard InChI is InChI=1S/C25H36N2O8/c1-4-5-6-20(30)27(8-10-33-2)18-13-17(25(32)26-7-9-28)21-16-11-15(14-29)12-19(34-3)23(16)35-24(21)22(18)31/h11-13,18,21-22,24,28-29,31H,4-10,14H2,1-3H3,(H,26,32). The molecule has 2 aliphatic rings. The van der Waals surface area contributed by atoms with Gasteiger partial charge in [0.1, 0.15) is 12.2 Å². The molecule has 1 heterocycles. The molecule has 2 amide bonds. The Hall–Kier alpha value is -2.66. The van der Waals surface area contributed by atoms with Crippen LogP contribution in [-0.2, 0) is 20.9 Å². The van der Waals surface area contributed by atoms with Crippen molar-refractivity contribution < 1.29 is 39.1 Å². The predicted molar refractivity (Wildman–Crippen MR) is 127 cm³/mol. The fourth-order valence-electron chi connectivity index (χ4n) is 4.72. The first-order valence-electron chi connectivity index (χ1n) is 12.0. The van der Waals surface area contributed by atoms with Crippen LogP contribution in [0.4, 0.5) is 0 Å². The van der Waals surface area contributed by atoms with Crippen LogP contribution in [0.2, 0.25) is 0 Å². The molecule has 0 aromatic heterocycles. The number of hydrogen-bond acceptors (Lipinski definition) is 8. The van der Waals surface area contributed by atoms with Crippen molar-refractivity contribution in [1.82, 2.24) is 10.2 Å². The number of benzene rings is 1. The minimum absolute atomic E-state index is 0.0529. The van der Waals surface area contributed by atoms with Gasteiger partial charge in [-0.15, -0.1) is 0 Å². The highest BCUT2D eigenvalue weighted by molar-refractivity contribution is 5.96. The van der Waals surface area contributed by atoms with Crippen LogP contribution >= 0.6 is 0 Å². The second-order valence-corrected chi connectivity index (χ2v) is 8.70. The number of amides is 2. The number of aliphatic hydroxyl groups is 3. The summed E-state index contributed by atoms with van der Waals surface area (Å²) in [6.07, 6.45) is 1.49. The molecule has 35 heavy (non-hydrogen) atoms. The van der Waals surface area contributed by atoms with Gasteiger partial charge < -0.3 is 39.7 Å². The van der Waals surface area contributed by atoms with Gasteiger partial charge in [0.05, 0.1) is 38.9 Å². The summed E-state index contributed by atoms with van der Waals surface area (Å²) in [6, 6.07) is 2.56. The summed E-state index contributed by atoms with van der Waals surface area (Å²) in [5, 5.41) is 33.1. The largest absolute Gasteiger partial charge is 0.493 e. The Morgan fingerprint density at radius 1 is 1.23 bits per heavy atom. The van der Waals surface area contributed by atoms with Crippen LogP contribution in [0.5, 0.6) is 11.5 Å². The molecule has 4 unspecified atom stereocenters. The Balaban J connectivity index is 2.09. The summed E-state index contributed by atoms with van der Waals surface area (Å²) >= 11 is 0. The molecule has 0 fully saturated rings. The van der Waals surface area contributed by atoms with E-state index in [2.05, 4.69) is 5.32 Å². The number of carbonyl (C=O) groups excluding carboxylic acids is 2. The molecule has 1 aliphatic carbocycles. The molecule has 1 aromatic carbocycles. The van der Waals surface area contributed by atoms with E-state index in [0.29, 0.717) is 41.0 Å². The van der Waals surface area contributed by atoms with Crippen LogP contribution in [0, 0.1) is 0 Å². The number of carbonyl (C=O) groups is 2. The molecule has 194 valence electrons. The fraction of sp³-hybridized carbons (Fsp3) is 0.600. The maximum Gasteiger partial charge on any atom is 0.247 e. The first-order valence-corrected chi connectivity index (χ1v) is 12.0. The molecular weight excluding hydrogens is 456 g/mol. The van der Waals surface area contributed by atoms with Crippen LogP contribution < -0.4 is 14.8 Å². The lowest BCUT2D eigenvalue weighted by Gasteiger charge is -2.40. The van der Waals surface area contributed by atoms with E-state index >= 15 is 0 Å². The zero-order chi connectivity index (χ0) is 25.5. The lowest BCUT2D eigenvalue weighted by atomic mass is 9.77. The third kappa shape index (κ3) is 5.61. The molecule has 10 nitrogen and oxygen atoms in total. The minimum atomic E-state index is -1.13. The molecule has 4 N–H and O–H groups in total. The molecule has 0 saturated heterocycles. The average molecular weight is 493 g/mol. The molecule has 0 bridgehead atoms. The molecule has 1 aromatic rings. The molecule has 1 aliphatic heterocycles. The van der Waals surface area contributed by atoms with Gasteiger partial charge >= 0.3 is 0 Å². The van der Waals surface area contributed by atoms with Crippen LogP contribution in [-0.4, -0.2) is 90.8 Å². The summed E-state index contributed by atoms with van der Waals surface area (Å²) in [5.41, 5.74) is 1.51. The third-order valence-corrected chi connectivity index (χ3v) is 6.46. The van der Waals surface area contributed by atoms with Gasteiger partial charge in [0, 0.05) is 37.8 Å². The zero-order valence-corrected chi connectivity index (χ0v) is 20.5. The number of nitrogens with one attached hydrogen (secondary N) is 1. The number of aliphatic hydroxyl groups excluding tert-OH is 3. The second-order valence-electron chi connectivity index (χ2n) is 8.70. The van der Waals surface area contributed by atoms with Gasteiger partial charge in [-0.25, -0.2) is 0 Å². The van der Waals surface area contributed by atoms with Gasteiger partial charge in [-0.3, -0.25) is 9.59 Å². The summed E-state index contributed by atoms with van der Waals surface area (Å²) in [6.45, 7) is 2.09. The number of hydrogen-bond donors (Lipinski definition) is 4. The first-order chi connectivity index (χ1) is 16.9. The van der Waals surface area contributed by atoms with Gasteiger partial charge in [0.15, 0.2) is 11.5 Å². The van der Waals surface area contributed by atoms with E-state index < -0.39 is 30.1 Å². The molecular formula is C25H36N2O8. The highest BCUT2D eigenvalue weighted by Gasteiger charge is 2.51. The summed E-state index contributed by atoms with van der Waals surface area (Å²) in [7, 11) is 3.01. The Morgan fingerprint density at radius 2 is 2.00 bits per heavy atom. The number of fused-ring (bicyclic) bond motifs is 3. The first kappa shape index (κ1) is 26.9.